The molecular weight excluding hydrogens is 322 g/mol. The zero-order chi connectivity index (χ0) is 17.2. The summed E-state index contributed by atoms with van der Waals surface area (Å²) in [6.45, 7) is 1.05. The van der Waals surface area contributed by atoms with Gasteiger partial charge >= 0.3 is 5.76 Å². The lowest BCUT2D eigenvalue weighted by molar-refractivity contribution is -0.131. The van der Waals surface area contributed by atoms with Crippen molar-refractivity contribution < 1.29 is 13.9 Å². The minimum atomic E-state index is -0.518. The molecule has 1 amide bonds. The molecule has 1 aliphatic rings. The van der Waals surface area contributed by atoms with Gasteiger partial charge in [0.05, 0.1) is 12.1 Å². The summed E-state index contributed by atoms with van der Waals surface area (Å²) in [4.78, 5) is 30.4. The van der Waals surface area contributed by atoms with Gasteiger partial charge in [-0.2, -0.15) is 0 Å². The van der Waals surface area contributed by atoms with Gasteiger partial charge in [-0.15, -0.1) is 0 Å². The first-order valence-electron chi connectivity index (χ1n) is 8.14. The molecule has 0 aliphatic carbocycles. The van der Waals surface area contributed by atoms with Crippen LogP contribution >= 0.6 is 0 Å². The standard InChI is InChI=1S/C18H17N3O4/c22-17(12-21-14-5-1-2-6-15(14)25-18(21)23)20-10-8-13(11-20)24-16-7-3-4-9-19-16/h1-7,9,13H,8,10-12H2. The molecule has 1 aromatic carbocycles. The highest BCUT2D eigenvalue weighted by atomic mass is 16.5. The van der Waals surface area contributed by atoms with Crippen molar-refractivity contribution in [3.63, 3.8) is 0 Å². The number of para-hydroxylation sites is 2. The summed E-state index contributed by atoms with van der Waals surface area (Å²) in [6, 6.07) is 12.6. The van der Waals surface area contributed by atoms with Gasteiger partial charge in [0.2, 0.25) is 11.8 Å². The Morgan fingerprint density at radius 2 is 2.08 bits per heavy atom. The molecule has 25 heavy (non-hydrogen) atoms. The molecule has 0 radical (unpaired) electrons. The van der Waals surface area contributed by atoms with Gasteiger partial charge in [-0.05, 0) is 18.2 Å². The number of rotatable bonds is 4. The molecule has 1 saturated heterocycles. The van der Waals surface area contributed by atoms with Crippen LogP contribution in [0, 0.1) is 0 Å². The highest BCUT2D eigenvalue weighted by Crippen LogP contribution is 2.17. The van der Waals surface area contributed by atoms with Crippen molar-refractivity contribution in [3.8, 4) is 5.88 Å². The molecule has 3 aromatic rings. The quantitative estimate of drug-likeness (QED) is 0.722. The Hall–Kier alpha value is -3.09. The zero-order valence-corrected chi connectivity index (χ0v) is 13.5. The van der Waals surface area contributed by atoms with Crippen LogP contribution in [0.4, 0.5) is 0 Å². The number of hydrogen-bond donors (Lipinski definition) is 0. The van der Waals surface area contributed by atoms with E-state index in [-0.39, 0.29) is 18.6 Å². The van der Waals surface area contributed by atoms with E-state index in [0.717, 1.165) is 6.42 Å². The van der Waals surface area contributed by atoms with Gasteiger partial charge < -0.3 is 14.1 Å². The second-order valence-corrected chi connectivity index (χ2v) is 5.96. The van der Waals surface area contributed by atoms with E-state index in [1.165, 1.54) is 4.57 Å². The number of fused-ring (bicyclic) bond motifs is 1. The molecule has 7 heteroatoms. The van der Waals surface area contributed by atoms with Crippen LogP contribution in [0.3, 0.4) is 0 Å². The summed E-state index contributed by atoms with van der Waals surface area (Å²) in [5.41, 5.74) is 1.11. The summed E-state index contributed by atoms with van der Waals surface area (Å²) in [6.07, 6.45) is 2.32. The van der Waals surface area contributed by atoms with Crippen molar-refractivity contribution in [1.29, 1.82) is 0 Å². The number of benzene rings is 1. The van der Waals surface area contributed by atoms with Crippen LogP contribution in [0.1, 0.15) is 6.42 Å². The number of likely N-dealkylation sites (tertiary alicyclic amines) is 1. The first kappa shape index (κ1) is 15.4. The molecule has 1 aliphatic heterocycles. The number of nitrogens with zero attached hydrogens (tertiary/aromatic N) is 3. The van der Waals surface area contributed by atoms with Crippen molar-refractivity contribution in [2.75, 3.05) is 13.1 Å². The average molecular weight is 339 g/mol. The SMILES string of the molecule is O=C(Cn1c(=O)oc2ccccc21)N1CCC(Oc2ccccn2)C1. The number of carbonyl (C=O) groups excluding carboxylic acids is 1. The lowest BCUT2D eigenvalue weighted by atomic mass is 10.3. The average Bonchev–Trinajstić information content (AvgIpc) is 3.21. The molecule has 0 bridgehead atoms. The van der Waals surface area contributed by atoms with Crippen LogP contribution in [0.5, 0.6) is 5.88 Å². The van der Waals surface area contributed by atoms with E-state index in [0.29, 0.717) is 30.1 Å². The number of carbonyl (C=O) groups is 1. The monoisotopic (exact) mass is 339 g/mol. The maximum atomic E-state index is 12.6. The smallest absolute Gasteiger partial charge is 0.420 e. The second kappa shape index (κ2) is 6.43. The third kappa shape index (κ3) is 3.13. The summed E-state index contributed by atoms with van der Waals surface area (Å²) in [7, 11) is 0. The highest BCUT2D eigenvalue weighted by molar-refractivity contribution is 5.79. The number of amides is 1. The summed E-state index contributed by atoms with van der Waals surface area (Å²) < 4.78 is 12.3. The van der Waals surface area contributed by atoms with E-state index in [2.05, 4.69) is 4.98 Å². The Bertz CT molecular complexity index is 948. The van der Waals surface area contributed by atoms with Crippen LogP contribution in [0.15, 0.2) is 57.9 Å². The fraction of sp³-hybridized carbons (Fsp3) is 0.278. The predicted octanol–water partition coefficient (Wildman–Crippen LogP) is 1.67. The van der Waals surface area contributed by atoms with E-state index in [9.17, 15) is 9.59 Å². The maximum Gasteiger partial charge on any atom is 0.420 e. The van der Waals surface area contributed by atoms with Gasteiger partial charge in [0, 0.05) is 25.2 Å². The van der Waals surface area contributed by atoms with E-state index >= 15 is 0 Å². The minimum Gasteiger partial charge on any atom is -0.472 e. The van der Waals surface area contributed by atoms with Crippen molar-refractivity contribution >= 4 is 17.0 Å². The van der Waals surface area contributed by atoms with E-state index < -0.39 is 5.76 Å². The number of ether oxygens (including phenoxy) is 1. The van der Waals surface area contributed by atoms with Crippen molar-refractivity contribution in [1.82, 2.24) is 14.5 Å². The molecule has 1 unspecified atom stereocenters. The fourth-order valence-corrected chi connectivity index (χ4v) is 3.04. The molecule has 2 aromatic heterocycles. The number of aromatic nitrogens is 2. The Morgan fingerprint density at radius 1 is 1.24 bits per heavy atom. The van der Waals surface area contributed by atoms with Gasteiger partial charge in [-0.3, -0.25) is 9.36 Å². The van der Waals surface area contributed by atoms with Crippen LogP contribution in [-0.2, 0) is 11.3 Å². The van der Waals surface area contributed by atoms with E-state index in [1.54, 1.807) is 35.4 Å². The van der Waals surface area contributed by atoms with Crippen LogP contribution in [0.25, 0.3) is 11.1 Å². The van der Waals surface area contributed by atoms with E-state index in [1.807, 2.05) is 18.2 Å². The third-order valence-electron chi connectivity index (χ3n) is 4.29. The molecule has 3 heterocycles. The van der Waals surface area contributed by atoms with Gasteiger partial charge in [0.15, 0.2) is 5.58 Å². The molecule has 4 rings (SSSR count). The molecule has 0 spiro atoms. The molecular formula is C18H17N3O4. The highest BCUT2D eigenvalue weighted by Gasteiger charge is 2.28. The summed E-state index contributed by atoms with van der Waals surface area (Å²) in [5, 5.41) is 0. The van der Waals surface area contributed by atoms with Gasteiger partial charge in [0.1, 0.15) is 12.6 Å². The number of hydrogen-bond acceptors (Lipinski definition) is 5. The second-order valence-electron chi connectivity index (χ2n) is 5.96. The van der Waals surface area contributed by atoms with Crippen molar-refractivity contribution in [2.45, 2.75) is 19.1 Å². The van der Waals surface area contributed by atoms with Crippen LogP contribution in [0.2, 0.25) is 0 Å². The Labute approximate surface area is 143 Å². The molecule has 1 atom stereocenters. The lowest BCUT2D eigenvalue weighted by Gasteiger charge is -2.17. The molecule has 7 nitrogen and oxygen atoms in total. The Kier molecular flexibility index (Phi) is 3.97. The lowest BCUT2D eigenvalue weighted by Crippen LogP contribution is -2.35. The Morgan fingerprint density at radius 3 is 2.92 bits per heavy atom. The zero-order valence-electron chi connectivity index (χ0n) is 13.5. The van der Waals surface area contributed by atoms with Crippen molar-refractivity contribution in [2.24, 2.45) is 0 Å². The predicted molar refractivity (Wildman–Crippen MR) is 90.3 cm³/mol. The largest absolute Gasteiger partial charge is 0.472 e. The van der Waals surface area contributed by atoms with Crippen molar-refractivity contribution in [3.05, 3.63) is 59.2 Å². The maximum absolute atomic E-state index is 12.6. The number of pyridine rings is 1. The first-order valence-corrected chi connectivity index (χ1v) is 8.14. The molecule has 1 fully saturated rings. The van der Waals surface area contributed by atoms with Gasteiger partial charge in [-0.1, -0.05) is 18.2 Å². The number of oxazole rings is 1. The normalized spacial score (nSPS) is 17.1. The topological polar surface area (TPSA) is 77.6 Å². The van der Waals surface area contributed by atoms with Gasteiger partial charge in [0.25, 0.3) is 0 Å². The first-order chi connectivity index (χ1) is 12.2. The third-order valence-corrected chi connectivity index (χ3v) is 4.29. The van der Waals surface area contributed by atoms with Crippen LogP contribution < -0.4 is 10.5 Å². The fourth-order valence-electron chi connectivity index (χ4n) is 3.04. The molecule has 128 valence electrons. The Balaban J connectivity index is 1.43. The van der Waals surface area contributed by atoms with Crippen LogP contribution in [-0.4, -0.2) is 39.6 Å². The molecule has 0 saturated carbocycles. The molecule has 0 N–H and O–H groups in total. The minimum absolute atomic E-state index is 0.0356. The van der Waals surface area contributed by atoms with Gasteiger partial charge in [-0.25, -0.2) is 9.78 Å². The summed E-state index contributed by atoms with van der Waals surface area (Å²) >= 11 is 0. The van der Waals surface area contributed by atoms with E-state index in [4.69, 9.17) is 9.15 Å². The summed E-state index contributed by atoms with van der Waals surface area (Å²) in [5.74, 6) is -0.0883.